The molecule has 0 radical (unpaired) electrons. The molecular formula is C17H20N2S. The van der Waals surface area contributed by atoms with Crippen molar-refractivity contribution in [2.24, 2.45) is 0 Å². The number of benzene rings is 2. The Morgan fingerprint density at radius 3 is 2.60 bits per heavy atom. The number of rotatable bonds is 3. The fourth-order valence-electron chi connectivity index (χ4n) is 2.67. The van der Waals surface area contributed by atoms with Crippen LogP contribution in [0.2, 0.25) is 0 Å². The number of fused-ring (bicyclic) bond motifs is 2. The van der Waals surface area contributed by atoms with E-state index in [-0.39, 0.29) is 0 Å². The summed E-state index contributed by atoms with van der Waals surface area (Å²) in [5.41, 5.74) is 5.26. The van der Waals surface area contributed by atoms with Crippen LogP contribution in [0.3, 0.4) is 0 Å². The van der Waals surface area contributed by atoms with Crippen LogP contribution in [-0.4, -0.2) is 14.1 Å². The van der Waals surface area contributed by atoms with Crippen molar-refractivity contribution < 1.29 is 0 Å². The highest BCUT2D eigenvalue weighted by Crippen LogP contribution is 2.47. The zero-order valence-electron chi connectivity index (χ0n) is 12.2. The largest absolute Gasteiger partial charge is 0.377 e. The Labute approximate surface area is 125 Å². The first-order chi connectivity index (χ1) is 9.70. The van der Waals surface area contributed by atoms with Gasteiger partial charge < -0.3 is 10.2 Å². The number of para-hydroxylation sites is 1. The Morgan fingerprint density at radius 2 is 1.85 bits per heavy atom. The summed E-state index contributed by atoms with van der Waals surface area (Å²) >= 11 is 1.86. The van der Waals surface area contributed by atoms with Gasteiger partial charge in [-0.2, -0.15) is 0 Å². The topological polar surface area (TPSA) is 15.3 Å². The summed E-state index contributed by atoms with van der Waals surface area (Å²) in [6.07, 6.45) is 2.26. The molecule has 0 aromatic heterocycles. The molecule has 0 aliphatic carbocycles. The van der Waals surface area contributed by atoms with E-state index in [1.807, 2.05) is 11.8 Å². The Hall–Kier alpha value is -1.61. The average Bonchev–Trinajstić information content (AvgIpc) is 2.45. The predicted octanol–water partition coefficient (Wildman–Crippen LogP) is 4.91. The second-order valence-corrected chi connectivity index (χ2v) is 6.39. The third-order valence-corrected chi connectivity index (χ3v) is 4.73. The van der Waals surface area contributed by atoms with Gasteiger partial charge in [-0.1, -0.05) is 37.2 Å². The molecule has 3 heteroatoms. The van der Waals surface area contributed by atoms with E-state index in [0.717, 1.165) is 12.8 Å². The smallest absolute Gasteiger partial charge is 0.0579 e. The molecule has 0 bridgehead atoms. The van der Waals surface area contributed by atoms with Crippen LogP contribution in [0.15, 0.2) is 46.2 Å². The van der Waals surface area contributed by atoms with Gasteiger partial charge in [0.25, 0.3) is 0 Å². The van der Waals surface area contributed by atoms with E-state index >= 15 is 0 Å². The maximum Gasteiger partial charge on any atom is 0.0579 e. The van der Waals surface area contributed by atoms with Gasteiger partial charge in [0.2, 0.25) is 0 Å². The van der Waals surface area contributed by atoms with Crippen molar-refractivity contribution in [2.45, 2.75) is 29.6 Å². The molecule has 2 nitrogen and oxygen atoms in total. The van der Waals surface area contributed by atoms with Gasteiger partial charge in [-0.3, -0.25) is 0 Å². The van der Waals surface area contributed by atoms with Gasteiger partial charge in [0, 0.05) is 35.1 Å². The van der Waals surface area contributed by atoms with Crippen LogP contribution in [0, 0.1) is 0 Å². The van der Waals surface area contributed by atoms with Crippen molar-refractivity contribution in [3.8, 4) is 0 Å². The lowest BCUT2D eigenvalue weighted by Gasteiger charge is -2.27. The molecule has 0 amide bonds. The molecule has 1 N–H and O–H groups in total. The Bertz CT molecular complexity index is 635. The van der Waals surface area contributed by atoms with Crippen LogP contribution in [0.4, 0.5) is 17.1 Å². The molecule has 104 valence electrons. The van der Waals surface area contributed by atoms with Crippen molar-refractivity contribution in [3.05, 3.63) is 42.0 Å². The van der Waals surface area contributed by atoms with Gasteiger partial charge in [-0.25, -0.2) is 0 Å². The summed E-state index contributed by atoms with van der Waals surface area (Å²) in [5, 5.41) is 3.64. The molecule has 2 aromatic carbocycles. The molecule has 0 spiro atoms. The first-order valence-electron chi connectivity index (χ1n) is 7.07. The summed E-state index contributed by atoms with van der Waals surface area (Å²) in [4.78, 5) is 4.84. The first-order valence-corrected chi connectivity index (χ1v) is 7.89. The number of hydrogen-bond acceptors (Lipinski definition) is 3. The van der Waals surface area contributed by atoms with Gasteiger partial charge in [0.15, 0.2) is 0 Å². The van der Waals surface area contributed by atoms with Crippen LogP contribution < -0.4 is 10.2 Å². The van der Waals surface area contributed by atoms with E-state index < -0.39 is 0 Å². The zero-order valence-corrected chi connectivity index (χ0v) is 13.1. The second kappa shape index (κ2) is 5.41. The summed E-state index contributed by atoms with van der Waals surface area (Å²) in [7, 11) is 4.23. The van der Waals surface area contributed by atoms with E-state index in [1.165, 1.54) is 32.4 Å². The Balaban J connectivity index is 2.11. The second-order valence-electron chi connectivity index (χ2n) is 5.30. The van der Waals surface area contributed by atoms with Gasteiger partial charge in [0.1, 0.15) is 0 Å². The lowest BCUT2D eigenvalue weighted by Crippen LogP contribution is -2.14. The Kier molecular flexibility index (Phi) is 3.62. The molecule has 0 saturated carbocycles. The fourth-order valence-corrected chi connectivity index (χ4v) is 3.70. The molecule has 1 aliphatic rings. The lowest BCUT2D eigenvalue weighted by atomic mass is 10.0. The molecule has 0 fully saturated rings. The minimum Gasteiger partial charge on any atom is -0.377 e. The van der Waals surface area contributed by atoms with Crippen molar-refractivity contribution in [1.29, 1.82) is 0 Å². The van der Waals surface area contributed by atoms with E-state index in [9.17, 15) is 0 Å². The summed E-state index contributed by atoms with van der Waals surface area (Å²) < 4.78 is 0. The quantitative estimate of drug-likeness (QED) is 0.735. The van der Waals surface area contributed by atoms with Gasteiger partial charge in [-0.15, -0.1) is 0 Å². The van der Waals surface area contributed by atoms with Crippen LogP contribution in [0.5, 0.6) is 0 Å². The highest BCUT2D eigenvalue weighted by molar-refractivity contribution is 7.99. The lowest BCUT2D eigenvalue weighted by molar-refractivity contribution is 0.909. The predicted molar refractivity (Wildman–Crippen MR) is 88.6 cm³/mol. The van der Waals surface area contributed by atoms with E-state index in [1.54, 1.807) is 0 Å². The highest BCUT2D eigenvalue weighted by Gasteiger charge is 2.20. The molecule has 3 rings (SSSR count). The fraction of sp³-hybridized carbons (Fsp3) is 0.294. The summed E-state index contributed by atoms with van der Waals surface area (Å²) in [5.74, 6) is 0. The molecule has 0 saturated heterocycles. The van der Waals surface area contributed by atoms with Crippen molar-refractivity contribution in [1.82, 2.24) is 0 Å². The van der Waals surface area contributed by atoms with E-state index in [4.69, 9.17) is 0 Å². The third kappa shape index (κ3) is 2.27. The van der Waals surface area contributed by atoms with Crippen molar-refractivity contribution in [3.63, 3.8) is 0 Å². The maximum atomic E-state index is 3.64. The SMILES string of the molecule is CCCc1c(N(C)C)ccc2c1Nc1ccccc1S2. The standard InChI is InChI=1S/C17H20N2S/c1-4-7-12-14(19(2)3)10-11-16-17(12)18-13-8-5-6-9-15(13)20-16/h5-6,8-11,18H,4,7H2,1-3H3. The van der Waals surface area contributed by atoms with Gasteiger partial charge in [-0.05, 0) is 30.7 Å². The zero-order chi connectivity index (χ0) is 14.1. The number of nitrogens with zero attached hydrogens (tertiary/aromatic N) is 1. The average molecular weight is 284 g/mol. The van der Waals surface area contributed by atoms with E-state index in [0.29, 0.717) is 0 Å². The third-order valence-electron chi connectivity index (χ3n) is 3.60. The molecule has 20 heavy (non-hydrogen) atoms. The Morgan fingerprint density at radius 1 is 1.05 bits per heavy atom. The van der Waals surface area contributed by atoms with Crippen LogP contribution >= 0.6 is 11.8 Å². The van der Waals surface area contributed by atoms with Gasteiger partial charge >= 0.3 is 0 Å². The first kappa shape index (κ1) is 13.4. The molecule has 0 atom stereocenters. The summed E-state index contributed by atoms with van der Waals surface area (Å²) in [6, 6.07) is 13.0. The van der Waals surface area contributed by atoms with Crippen molar-refractivity contribution >= 4 is 28.8 Å². The monoisotopic (exact) mass is 284 g/mol. The van der Waals surface area contributed by atoms with Crippen LogP contribution in [-0.2, 0) is 6.42 Å². The van der Waals surface area contributed by atoms with Crippen LogP contribution in [0.25, 0.3) is 0 Å². The number of nitrogens with one attached hydrogen (secondary N) is 1. The maximum absolute atomic E-state index is 3.64. The highest BCUT2D eigenvalue weighted by atomic mass is 32.2. The molecule has 1 heterocycles. The molecule has 1 aliphatic heterocycles. The number of hydrogen-bond donors (Lipinski definition) is 1. The van der Waals surface area contributed by atoms with E-state index in [2.05, 4.69) is 67.6 Å². The van der Waals surface area contributed by atoms with Crippen molar-refractivity contribution in [2.75, 3.05) is 24.3 Å². The minimum absolute atomic E-state index is 1.10. The molecular weight excluding hydrogens is 264 g/mol. The normalized spacial score (nSPS) is 12.3. The molecule has 2 aromatic rings. The molecule has 0 unspecified atom stereocenters. The van der Waals surface area contributed by atoms with Gasteiger partial charge in [0.05, 0.1) is 11.4 Å². The van der Waals surface area contributed by atoms with Crippen LogP contribution in [0.1, 0.15) is 18.9 Å². The minimum atomic E-state index is 1.10. The summed E-state index contributed by atoms with van der Waals surface area (Å²) in [6.45, 7) is 2.24. The number of anilines is 3.